The van der Waals surface area contributed by atoms with Crippen LogP contribution in [0.4, 0.5) is 4.39 Å². The van der Waals surface area contributed by atoms with Crippen molar-refractivity contribution < 1.29 is 17.6 Å². The highest BCUT2D eigenvalue weighted by Crippen LogP contribution is 2.32. The lowest BCUT2D eigenvalue weighted by molar-refractivity contribution is 0.0953. The highest BCUT2D eigenvalue weighted by atomic mass is 32.2. The van der Waals surface area contributed by atoms with Crippen LogP contribution >= 0.6 is 11.3 Å². The van der Waals surface area contributed by atoms with Gasteiger partial charge in [-0.25, -0.2) is 12.8 Å². The van der Waals surface area contributed by atoms with E-state index in [-0.39, 0.29) is 22.9 Å². The number of rotatable bonds is 6. The van der Waals surface area contributed by atoms with Crippen molar-refractivity contribution in [2.24, 2.45) is 0 Å². The van der Waals surface area contributed by atoms with E-state index in [0.29, 0.717) is 10.4 Å². The van der Waals surface area contributed by atoms with Crippen LogP contribution < -0.4 is 5.32 Å². The number of hydrogen-bond acceptors (Lipinski definition) is 4. The molecule has 1 heterocycles. The first-order valence-electron chi connectivity index (χ1n) is 9.08. The third-order valence-electron chi connectivity index (χ3n) is 4.62. The van der Waals surface area contributed by atoms with E-state index in [4.69, 9.17) is 0 Å². The van der Waals surface area contributed by atoms with Gasteiger partial charge in [-0.2, -0.15) is 0 Å². The zero-order valence-corrected chi connectivity index (χ0v) is 18.0. The summed E-state index contributed by atoms with van der Waals surface area (Å²) in [4.78, 5) is 13.3. The van der Waals surface area contributed by atoms with Crippen molar-refractivity contribution in [3.8, 4) is 0 Å². The Kier molecular flexibility index (Phi) is 6.19. The van der Waals surface area contributed by atoms with Crippen molar-refractivity contribution in [1.29, 1.82) is 0 Å². The van der Waals surface area contributed by atoms with Crippen molar-refractivity contribution in [2.45, 2.75) is 30.9 Å². The smallest absolute Gasteiger partial charge is 0.251 e. The Bertz CT molecular complexity index is 1120. The molecule has 1 N–H and O–H groups in total. The molecule has 0 spiro atoms. The first-order chi connectivity index (χ1) is 13.7. The zero-order chi connectivity index (χ0) is 21.2. The molecule has 0 aliphatic heterocycles. The molecule has 0 fully saturated rings. The summed E-state index contributed by atoms with van der Waals surface area (Å²) in [6.07, 6.45) is 0. The molecule has 7 heteroatoms. The Balaban J connectivity index is 1.90. The van der Waals surface area contributed by atoms with Crippen molar-refractivity contribution in [1.82, 2.24) is 5.32 Å². The second kappa shape index (κ2) is 8.47. The number of sulfone groups is 1. The van der Waals surface area contributed by atoms with E-state index < -0.39 is 20.9 Å². The largest absolute Gasteiger partial charge is 0.350 e. The molecular weight excluding hydrogens is 409 g/mol. The number of benzene rings is 2. The van der Waals surface area contributed by atoms with Gasteiger partial charge in [0.2, 0.25) is 0 Å². The monoisotopic (exact) mass is 431 g/mol. The zero-order valence-electron chi connectivity index (χ0n) is 16.4. The lowest BCUT2D eigenvalue weighted by Gasteiger charge is -2.18. The second-order valence-electron chi connectivity index (χ2n) is 7.05. The maximum Gasteiger partial charge on any atom is 0.251 e. The van der Waals surface area contributed by atoms with E-state index in [1.807, 2.05) is 19.9 Å². The molecule has 0 saturated heterocycles. The third kappa shape index (κ3) is 4.74. The quantitative estimate of drug-likeness (QED) is 0.573. The summed E-state index contributed by atoms with van der Waals surface area (Å²) in [6, 6.07) is 12.7. The fourth-order valence-corrected chi connectivity index (χ4v) is 6.06. The Morgan fingerprint density at radius 2 is 1.76 bits per heavy atom. The molecule has 1 aromatic heterocycles. The average Bonchev–Trinajstić information content (AvgIpc) is 3.17. The molecule has 3 rings (SSSR count). The van der Waals surface area contributed by atoms with Crippen LogP contribution in [0.15, 0.2) is 58.8 Å². The predicted octanol–water partition coefficient (Wildman–Crippen LogP) is 4.76. The third-order valence-corrected chi connectivity index (χ3v) is 7.84. The number of carbonyl (C=O) groups is 1. The Hall–Kier alpha value is -2.51. The number of aryl methyl sites for hydroxylation is 3. The van der Waals surface area contributed by atoms with E-state index in [0.717, 1.165) is 17.2 Å². The molecule has 1 atom stereocenters. The summed E-state index contributed by atoms with van der Waals surface area (Å²) in [5.74, 6) is -0.788. The molecule has 0 bridgehead atoms. The lowest BCUT2D eigenvalue weighted by Crippen LogP contribution is -2.31. The van der Waals surface area contributed by atoms with Crippen LogP contribution in [0.5, 0.6) is 0 Å². The minimum Gasteiger partial charge on any atom is -0.350 e. The van der Waals surface area contributed by atoms with Crippen molar-refractivity contribution in [3.05, 3.63) is 86.9 Å². The van der Waals surface area contributed by atoms with E-state index in [2.05, 4.69) is 5.32 Å². The van der Waals surface area contributed by atoms with Gasteiger partial charge < -0.3 is 5.32 Å². The number of nitrogens with one attached hydrogen (secondary N) is 1. The molecule has 2 aromatic carbocycles. The molecular formula is C22H22FNO3S2. The predicted molar refractivity (Wildman–Crippen MR) is 114 cm³/mol. The molecule has 3 aromatic rings. The summed E-state index contributed by atoms with van der Waals surface area (Å²) in [7, 11) is -3.83. The highest BCUT2D eigenvalue weighted by molar-refractivity contribution is 7.91. The van der Waals surface area contributed by atoms with Gasteiger partial charge in [0.15, 0.2) is 9.84 Å². The van der Waals surface area contributed by atoms with Crippen molar-refractivity contribution >= 4 is 27.1 Å². The lowest BCUT2D eigenvalue weighted by atomic mass is 10.1. The van der Waals surface area contributed by atoms with Gasteiger partial charge in [0.1, 0.15) is 11.1 Å². The molecule has 152 valence electrons. The molecule has 1 unspecified atom stereocenters. The molecule has 0 aliphatic carbocycles. The standard InChI is InChI=1S/C22H22FNO3S2/c1-14-9-15(2)11-17(10-14)22(25)24-13-21(20-5-4-8-28-20)29(26,27)18-6-7-19(23)16(3)12-18/h4-12,21H,13H2,1-3H3,(H,24,25). The first-order valence-corrected chi connectivity index (χ1v) is 11.5. The van der Waals surface area contributed by atoms with Crippen LogP contribution in [-0.2, 0) is 9.84 Å². The first kappa shape index (κ1) is 21.2. The average molecular weight is 432 g/mol. The maximum atomic E-state index is 13.6. The molecule has 0 saturated carbocycles. The number of amides is 1. The molecule has 0 aliphatic rings. The van der Waals surface area contributed by atoms with Crippen molar-refractivity contribution in [2.75, 3.05) is 6.54 Å². The van der Waals surface area contributed by atoms with Crippen LogP contribution in [0, 0.1) is 26.6 Å². The van der Waals surface area contributed by atoms with Gasteiger partial charge >= 0.3 is 0 Å². The normalized spacial score (nSPS) is 12.6. The van der Waals surface area contributed by atoms with E-state index >= 15 is 0 Å². The maximum absolute atomic E-state index is 13.6. The van der Waals surface area contributed by atoms with Gasteiger partial charge in [-0.1, -0.05) is 23.3 Å². The van der Waals surface area contributed by atoms with E-state index in [1.54, 1.807) is 29.6 Å². The van der Waals surface area contributed by atoms with Gasteiger partial charge in [0.05, 0.1) is 4.90 Å². The van der Waals surface area contributed by atoms with Gasteiger partial charge in [0.25, 0.3) is 5.91 Å². The Morgan fingerprint density at radius 1 is 1.07 bits per heavy atom. The minimum absolute atomic E-state index is 0.0375. The number of carbonyl (C=O) groups excluding carboxylic acids is 1. The van der Waals surface area contributed by atoms with Gasteiger partial charge in [0, 0.05) is 17.0 Å². The van der Waals surface area contributed by atoms with Crippen LogP contribution in [0.25, 0.3) is 0 Å². The topological polar surface area (TPSA) is 63.2 Å². The number of thiophene rings is 1. The van der Waals surface area contributed by atoms with E-state index in [1.165, 1.54) is 30.4 Å². The summed E-state index contributed by atoms with van der Waals surface area (Å²) < 4.78 is 40.2. The summed E-state index contributed by atoms with van der Waals surface area (Å²) >= 11 is 1.31. The van der Waals surface area contributed by atoms with Crippen LogP contribution in [-0.4, -0.2) is 20.9 Å². The summed E-state index contributed by atoms with van der Waals surface area (Å²) in [5, 5.41) is 3.59. The highest BCUT2D eigenvalue weighted by Gasteiger charge is 2.31. The van der Waals surface area contributed by atoms with Crippen LogP contribution in [0.1, 0.15) is 37.2 Å². The molecule has 0 radical (unpaired) electrons. The van der Waals surface area contributed by atoms with Crippen molar-refractivity contribution in [3.63, 3.8) is 0 Å². The fourth-order valence-electron chi connectivity index (χ4n) is 3.19. The minimum atomic E-state index is -3.83. The SMILES string of the molecule is Cc1cc(C)cc(C(=O)NCC(c2cccs2)S(=O)(=O)c2ccc(F)c(C)c2)c1. The second-order valence-corrected chi connectivity index (χ2v) is 10.2. The summed E-state index contributed by atoms with van der Waals surface area (Å²) in [5.41, 5.74) is 2.66. The van der Waals surface area contributed by atoms with Crippen LogP contribution in [0.2, 0.25) is 0 Å². The Morgan fingerprint density at radius 3 is 2.34 bits per heavy atom. The van der Waals surface area contributed by atoms with Gasteiger partial charge in [-0.05, 0) is 68.1 Å². The fraction of sp³-hybridized carbons (Fsp3) is 0.227. The van der Waals surface area contributed by atoms with Crippen LogP contribution in [0.3, 0.4) is 0 Å². The number of hydrogen-bond donors (Lipinski definition) is 1. The van der Waals surface area contributed by atoms with Gasteiger partial charge in [-0.3, -0.25) is 4.79 Å². The Labute approximate surface area is 174 Å². The van der Waals surface area contributed by atoms with E-state index in [9.17, 15) is 17.6 Å². The molecule has 4 nitrogen and oxygen atoms in total. The molecule has 29 heavy (non-hydrogen) atoms. The summed E-state index contributed by atoms with van der Waals surface area (Å²) in [6.45, 7) is 5.25. The van der Waals surface area contributed by atoms with Gasteiger partial charge in [-0.15, -0.1) is 11.3 Å². The molecule has 1 amide bonds. The number of halogens is 1.